The number of rotatable bonds is 6. The lowest BCUT2D eigenvalue weighted by atomic mass is 10.3. The lowest BCUT2D eigenvalue weighted by Crippen LogP contribution is -2.27. The van der Waals surface area contributed by atoms with Gasteiger partial charge in [0.15, 0.2) is 5.82 Å². The molecule has 0 radical (unpaired) electrons. The van der Waals surface area contributed by atoms with Crippen LogP contribution in [0, 0.1) is 0 Å². The first-order valence-corrected chi connectivity index (χ1v) is 6.54. The Balaban J connectivity index is 1.81. The third-order valence-electron chi connectivity index (χ3n) is 2.63. The molecule has 2 aromatic heterocycles. The molecular formula is C13H16N6O2. The molecule has 0 aliphatic carbocycles. The molecule has 0 atom stereocenters. The van der Waals surface area contributed by atoms with Crippen LogP contribution in [0.3, 0.4) is 0 Å². The molecule has 2 heterocycles. The Bertz CT molecular complexity index is 610. The van der Waals surface area contributed by atoms with E-state index in [1.807, 2.05) is 18.2 Å². The first-order valence-electron chi connectivity index (χ1n) is 6.54. The van der Waals surface area contributed by atoms with Crippen molar-refractivity contribution in [2.75, 3.05) is 5.32 Å². The smallest absolute Gasteiger partial charge is 0.242 e. The van der Waals surface area contributed by atoms with Crippen LogP contribution < -0.4 is 10.6 Å². The van der Waals surface area contributed by atoms with Crippen LogP contribution in [0.4, 0.5) is 5.82 Å². The molecule has 2 amide bonds. The summed E-state index contributed by atoms with van der Waals surface area (Å²) in [4.78, 5) is 27.1. The summed E-state index contributed by atoms with van der Waals surface area (Å²) in [5.41, 5.74) is 0.778. The Labute approximate surface area is 121 Å². The maximum absolute atomic E-state index is 11.8. The van der Waals surface area contributed by atoms with Crippen LogP contribution in [0.25, 0.3) is 0 Å². The summed E-state index contributed by atoms with van der Waals surface area (Å²) >= 11 is 0. The fourth-order valence-corrected chi connectivity index (χ4v) is 1.56. The van der Waals surface area contributed by atoms with Gasteiger partial charge in [0.1, 0.15) is 6.54 Å². The Morgan fingerprint density at radius 3 is 2.86 bits per heavy atom. The quantitative estimate of drug-likeness (QED) is 0.798. The van der Waals surface area contributed by atoms with E-state index in [9.17, 15) is 9.59 Å². The van der Waals surface area contributed by atoms with Gasteiger partial charge in [0, 0.05) is 12.6 Å². The summed E-state index contributed by atoms with van der Waals surface area (Å²) in [6.45, 7) is 2.13. The van der Waals surface area contributed by atoms with Gasteiger partial charge in [-0.05, 0) is 12.1 Å². The second kappa shape index (κ2) is 7.13. The number of carbonyl (C=O) groups is 2. The van der Waals surface area contributed by atoms with E-state index in [1.165, 1.54) is 10.9 Å². The highest BCUT2D eigenvalue weighted by molar-refractivity contribution is 5.89. The number of hydrogen-bond acceptors (Lipinski definition) is 5. The molecule has 0 saturated carbocycles. The van der Waals surface area contributed by atoms with Crippen molar-refractivity contribution in [3.8, 4) is 0 Å². The normalized spacial score (nSPS) is 10.1. The van der Waals surface area contributed by atoms with Crippen molar-refractivity contribution in [3.63, 3.8) is 0 Å². The van der Waals surface area contributed by atoms with E-state index in [2.05, 4.69) is 25.9 Å². The molecule has 0 spiro atoms. The van der Waals surface area contributed by atoms with Crippen LogP contribution in [0.5, 0.6) is 0 Å². The standard InChI is InChI=1S/C13H16N6O2/c1-2-12(20)16-11-8-19(18-17-11)9-13(21)15-7-10-5-3-4-6-14-10/h3-6,8H,2,7,9H2,1H3,(H,15,21)(H,16,20). The van der Waals surface area contributed by atoms with Crippen molar-refractivity contribution >= 4 is 17.6 Å². The van der Waals surface area contributed by atoms with Crippen molar-refractivity contribution in [1.29, 1.82) is 0 Å². The van der Waals surface area contributed by atoms with E-state index in [0.29, 0.717) is 18.8 Å². The summed E-state index contributed by atoms with van der Waals surface area (Å²) in [5.74, 6) is -0.0278. The van der Waals surface area contributed by atoms with E-state index in [0.717, 1.165) is 5.69 Å². The lowest BCUT2D eigenvalue weighted by molar-refractivity contribution is -0.122. The van der Waals surface area contributed by atoms with Crippen molar-refractivity contribution in [2.24, 2.45) is 0 Å². The first-order chi connectivity index (χ1) is 10.2. The molecule has 0 aromatic carbocycles. The first kappa shape index (κ1) is 14.6. The molecule has 2 rings (SSSR count). The van der Waals surface area contributed by atoms with Crippen LogP contribution in [0.1, 0.15) is 19.0 Å². The van der Waals surface area contributed by atoms with E-state index in [4.69, 9.17) is 0 Å². The number of amides is 2. The zero-order valence-electron chi connectivity index (χ0n) is 11.6. The van der Waals surface area contributed by atoms with Crippen molar-refractivity contribution in [1.82, 2.24) is 25.3 Å². The molecule has 8 heteroatoms. The van der Waals surface area contributed by atoms with Crippen molar-refractivity contribution < 1.29 is 9.59 Å². The van der Waals surface area contributed by atoms with E-state index in [-0.39, 0.29) is 18.4 Å². The number of aromatic nitrogens is 4. The lowest BCUT2D eigenvalue weighted by Gasteiger charge is -2.04. The Morgan fingerprint density at radius 1 is 1.29 bits per heavy atom. The van der Waals surface area contributed by atoms with Gasteiger partial charge < -0.3 is 10.6 Å². The number of anilines is 1. The van der Waals surface area contributed by atoms with Gasteiger partial charge in [0.05, 0.1) is 18.4 Å². The van der Waals surface area contributed by atoms with Gasteiger partial charge in [0.2, 0.25) is 11.8 Å². The van der Waals surface area contributed by atoms with Gasteiger partial charge in [-0.2, -0.15) is 0 Å². The van der Waals surface area contributed by atoms with E-state index >= 15 is 0 Å². The largest absolute Gasteiger partial charge is 0.349 e. The van der Waals surface area contributed by atoms with Gasteiger partial charge in [0.25, 0.3) is 0 Å². The predicted octanol–water partition coefficient (Wildman–Crippen LogP) is 0.338. The van der Waals surface area contributed by atoms with Crippen LogP contribution in [0.2, 0.25) is 0 Å². The number of carbonyl (C=O) groups excluding carboxylic acids is 2. The summed E-state index contributed by atoms with van der Waals surface area (Å²) in [6.07, 6.45) is 3.53. The second-order valence-electron chi connectivity index (χ2n) is 4.30. The van der Waals surface area contributed by atoms with Crippen molar-refractivity contribution in [2.45, 2.75) is 26.4 Å². The fourth-order valence-electron chi connectivity index (χ4n) is 1.56. The molecule has 110 valence electrons. The minimum Gasteiger partial charge on any atom is -0.349 e. The molecule has 0 saturated heterocycles. The number of hydrogen-bond donors (Lipinski definition) is 2. The summed E-state index contributed by atoms with van der Waals surface area (Å²) < 4.78 is 1.36. The van der Waals surface area contributed by atoms with Crippen LogP contribution in [-0.2, 0) is 22.7 Å². The van der Waals surface area contributed by atoms with Crippen LogP contribution in [0.15, 0.2) is 30.6 Å². The van der Waals surface area contributed by atoms with Crippen LogP contribution >= 0.6 is 0 Å². The molecule has 0 unspecified atom stereocenters. The third-order valence-corrected chi connectivity index (χ3v) is 2.63. The SMILES string of the molecule is CCC(=O)Nc1cn(CC(=O)NCc2ccccn2)nn1. The minimum absolute atomic E-state index is 0.0296. The number of nitrogens with one attached hydrogen (secondary N) is 2. The van der Waals surface area contributed by atoms with Gasteiger partial charge in [-0.25, -0.2) is 4.68 Å². The number of pyridine rings is 1. The van der Waals surface area contributed by atoms with E-state index < -0.39 is 0 Å². The Morgan fingerprint density at radius 2 is 2.14 bits per heavy atom. The highest BCUT2D eigenvalue weighted by Crippen LogP contribution is 2.00. The molecule has 0 aliphatic heterocycles. The monoisotopic (exact) mass is 288 g/mol. The topological polar surface area (TPSA) is 102 Å². The van der Waals surface area contributed by atoms with Gasteiger partial charge in [-0.1, -0.05) is 18.2 Å². The highest BCUT2D eigenvalue weighted by Gasteiger charge is 2.07. The molecule has 8 nitrogen and oxygen atoms in total. The molecule has 0 fully saturated rings. The molecule has 0 bridgehead atoms. The zero-order valence-corrected chi connectivity index (χ0v) is 11.6. The van der Waals surface area contributed by atoms with E-state index in [1.54, 1.807) is 13.1 Å². The fraction of sp³-hybridized carbons (Fsp3) is 0.308. The minimum atomic E-state index is -0.209. The van der Waals surface area contributed by atoms with Gasteiger partial charge >= 0.3 is 0 Å². The molecule has 2 N–H and O–H groups in total. The highest BCUT2D eigenvalue weighted by atomic mass is 16.2. The summed E-state index contributed by atoms with van der Waals surface area (Å²) in [6, 6.07) is 5.50. The Hall–Kier alpha value is -2.77. The average molecular weight is 288 g/mol. The van der Waals surface area contributed by atoms with Crippen LogP contribution in [-0.4, -0.2) is 31.8 Å². The van der Waals surface area contributed by atoms with Gasteiger partial charge in [-0.3, -0.25) is 14.6 Å². The Kier molecular flexibility index (Phi) is 4.97. The molecule has 21 heavy (non-hydrogen) atoms. The predicted molar refractivity (Wildman–Crippen MR) is 75.0 cm³/mol. The van der Waals surface area contributed by atoms with Gasteiger partial charge in [-0.15, -0.1) is 5.10 Å². The summed E-state index contributed by atoms with van der Waals surface area (Å²) in [5, 5.41) is 12.8. The molecule has 0 aliphatic rings. The summed E-state index contributed by atoms with van der Waals surface area (Å²) in [7, 11) is 0. The maximum atomic E-state index is 11.8. The zero-order chi connectivity index (χ0) is 15.1. The average Bonchev–Trinajstić information content (AvgIpc) is 2.93. The second-order valence-corrected chi connectivity index (χ2v) is 4.30. The molecule has 2 aromatic rings. The maximum Gasteiger partial charge on any atom is 0.242 e. The third kappa shape index (κ3) is 4.68. The van der Waals surface area contributed by atoms with Crippen molar-refractivity contribution in [3.05, 3.63) is 36.3 Å². The number of nitrogens with zero attached hydrogens (tertiary/aromatic N) is 4. The molecular weight excluding hydrogens is 272 g/mol.